The maximum atomic E-state index is 11.6. The largest absolute Gasteiger partial charge is 0.468 e. The molecule has 18 heavy (non-hydrogen) atoms. The van der Waals surface area contributed by atoms with E-state index in [1.54, 1.807) is 6.92 Å². The number of likely N-dealkylation sites (tertiary alicyclic amines) is 1. The number of hydrogen-bond acceptors (Lipinski definition) is 4. The van der Waals surface area contributed by atoms with Gasteiger partial charge in [-0.3, -0.25) is 9.69 Å². The lowest BCUT2D eigenvalue weighted by atomic mass is 9.88. The molecule has 106 valence electrons. The molecular weight excluding hydrogens is 228 g/mol. The molecule has 1 fully saturated rings. The number of esters is 1. The van der Waals surface area contributed by atoms with Crippen LogP contribution in [-0.2, 0) is 9.53 Å². The SMILES string of the molecule is COC(=O)C(C)(N)CC(C)N1CCC(C)CC1C. The number of carbonyl (C=O) groups excluding carboxylic acids is 1. The summed E-state index contributed by atoms with van der Waals surface area (Å²) in [5.41, 5.74) is 5.16. The molecule has 4 nitrogen and oxygen atoms in total. The molecule has 1 heterocycles. The second kappa shape index (κ2) is 6.02. The van der Waals surface area contributed by atoms with Crippen molar-refractivity contribution in [1.29, 1.82) is 0 Å². The second-order valence-electron chi connectivity index (χ2n) is 6.18. The van der Waals surface area contributed by atoms with Gasteiger partial charge in [-0.05, 0) is 52.5 Å². The molecule has 0 aliphatic carbocycles. The normalized spacial score (nSPS) is 30.6. The third kappa shape index (κ3) is 3.69. The highest BCUT2D eigenvalue weighted by Crippen LogP contribution is 2.26. The first-order chi connectivity index (χ1) is 8.27. The molecule has 1 aliphatic heterocycles. The van der Waals surface area contributed by atoms with Crippen LogP contribution < -0.4 is 5.73 Å². The minimum absolute atomic E-state index is 0.307. The number of hydrogen-bond donors (Lipinski definition) is 1. The van der Waals surface area contributed by atoms with Gasteiger partial charge in [-0.15, -0.1) is 0 Å². The zero-order valence-corrected chi connectivity index (χ0v) is 12.4. The Hall–Kier alpha value is -0.610. The lowest BCUT2D eigenvalue weighted by Crippen LogP contribution is -2.53. The van der Waals surface area contributed by atoms with E-state index in [0.717, 1.165) is 12.5 Å². The molecule has 0 amide bonds. The maximum Gasteiger partial charge on any atom is 0.325 e. The molecule has 2 N–H and O–H groups in total. The first-order valence-electron chi connectivity index (χ1n) is 6.91. The van der Waals surface area contributed by atoms with Crippen LogP contribution in [0.1, 0.15) is 47.0 Å². The van der Waals surface area contributed by atoms with Gasteiger partial charge in [-0.1, -0.05) is 6.92 Å². The Morgan fingerprint density at radius 1 is 1.56 bits per heavy atom. The van der Waals surface area contributed by atoms with Crippen LogP contribution in [0.15, 0.2) is 0 Å². The van der Waals surface area contributed by atoms with Crippen LogP contribution >= 0.6 is 0 Å². The maximum absolute atomic E-state index is 11.6. The van der Waals surface area contributed by atoms with Crippen molar-refractivity contribution in [3.05, 3.63) is 0 Å². The highest BCUT2D eigenvalue weighted by atomic mass is 16.5. The molecule has 1 aliphatic rings. The van der Waals surface area contributed by atoms with Gasteiger partial charge in [0.15, 0.2) is 0 Å². The Morgan fingerprint density at radius 3 is 2.67 bits per heavy atom. The first-order valence-corrected chi connectivity index (χ1v) is 6.91. The molecule has 0 spiro atoms. The molecule has 0 aromatic heterocycles. The lowest BCUT2D eigenvalue weighted by Gasteiger charge is -2.42. The average Bonchev–Trinajstić information content (AvgIpc) is 2.26. The quantitative estimate of drug-likeness (QED) is 0.779. The summed E-state index contributed by atoms with van der Waals surface area (Å²) in [7, 11) is 1.39. The molecule has 0 aromatic carbocycles. The molecule has 0 bridgehead atoms. The van der Waals surface area contributed by atoms with E-state index in [-0.39, 0.29) is 5.97 Å². The third-order valence-corrected chi connectivity index (χ3v) is 4.13. The van der Waals surface area contributed by atoms with Gasteiger partial charge in [0.2, 0.25) is 0 Å². The van der Waals surface area contributed by atoms with Crippen molar-refractivity contribution >= 4 is 5.97 Å². The van der Waals surface area contributed by atoms with Gasteiger partial charge in [0.1, 0.15) is 5.54 Å². The molecule has 0 radical (unpaired) electrons. The predicted octanol–water partition coefficient (Wildman–Crippen LogP) is 1.78. The number of rotatable bonds is 4. The smallest absolute Gasteiger partial charge is 0.325 e. The van der Waals surface area contributed by atoms with Crippen LogP contribution in [0.3, 0.4) is 0 Å². The van der Waals surface area contributed by atoms with E-state index in [1.807, 2.05) is 0 Å². The van der Waals surface area contributed by atoms with Gasteiger partial charge in [0.05, 0.1) is 7.11 Å². The number of nitrogens with two attached hydrogens (primary N) is 1. The van der Waals surface area contributed by atoms with Crippen molar-refractivity contribution < 1.29 is 9.53 Å². The van der Waals surface area contributed by atoms with E-state index < -0.39 is 5.54 Å². The van der Waals surface area contributed by atoms with Crippen LogP contribution in [-0.4, -0.2) is 42.1 Å². The van der Waals surface area contributed by atoms with E-state index >= 15 is 0 Å². The molecule has 0 aromatic rings. The van der Waals surface area contributed by atoms with E-state index in [2.05, 4.69) is 25.7 Å². The molecule has 0 saturated carbocycles. The lowest BCUT2D eigenvalue weighted by molar-refractivity contribution is -0.147. The fourth-order valence-electron chi connectivity index (χ4n) is 3.13. The number of methoxy groups -OCH3 is 1. The summed E-state index contributed by atoms with van der Waals surface area (Å²) in [6.07, 6.45) is 3.09. The molecule has 4 unspecified atom stereocenters. The zero-order chi connectivity index (χ0) is 13.9. The van der Waals surface area contributed by atoms with Crippen LogP contribution in [0.4, 0.5) is 0 Å². The minimum Gasteiger partial charge on any atom is -0.468 e. The highest BCUT2D eigenvalue weighted by molar-refractivity contribution is 5.79. The first kappa shape index (κ1) is 15.4. The molecule has 1 rings (SSSR count). The van der Waals surface area contributed by atoms with Gasteiger partial charge in [-0.2, -0.15) is 0 Å². The molecule has 4 heteroatoms. The topological polar surface area (TPSA) is 55.6 Å². The van der Waals surface area contributed by atoms with E-state index in [0.29, 0.717) is 18.5 Å². The van der Waals surface area contributed by atoms with Crippen LogP contribution in [0.25, 0.3) is 0 Å². The van der Waals surface area contributed by atoms with Crippen molar-refractivity contribution in [1.82, 2.24) is 4.90 Å². The standard InChI is InChI=1S/C14H28N2O2/c1-10-6-7-16(11(2)8-10)12(3)9-14(4,15)13(17)18-5/h10-12H,6-9,15H2,1-5H3. The van der Waals surface area contributed by atoms with Gasteiger partial charge in [0.25, 0.3) is 0 Å². The Morgan fingerprint density at radius 2 is 2.17 bits per heavy atom. The van der Waals surface area contributed by atoms with Crippen molar-refractivity contribution in [2.24, 2.45) is 11.7 Å². The predicted molar refractivity (Wildman–Crippen MR) is 73.3 cm³/mol. The number of ether oxygens (including phenoxy) is 1. The van der Waals surface area contributed by atoms with Crippen LogP contribution in [0.2, 0.25) is 0 Å². The Bertz CT molecular complexity index is 292. The average molecular weight is 256 g/mol. The van der Waals surface area contributed by atoms with Gasteiger partial charge in [0, 0.05) is 12.1 Å². The fraction of sp³-hybridized carbons (Fsp3) is 0.929. The van der Waals surface area contributed by atoms with E-state index in [1.165, 1.54) is 20.0 Å². The van der Waals surface area contributed by atoms with Crippen molar-refractivity contribution in [2.45, 2.75) is 64.6 Å². The summed E-state index contributed by atoms with van der Waals surface area (Å²) >= 11 is 0. The Balaban J connectivity index is 2.59. The fourth-order valence-corrected chi connectivity index (χ4v) is 3.13. The summed E-state index contributed by atoms with van der Waals surface area (Å²) in [5.74, 6) is 0.473. The van der Waals surface area contributed by atoms with Gasteiger partial charge >= 0.3 is 5.97 Å². The number of carbonyl (C=O) groups is 1. The summed E-state index contributed by atoms with van der Waals surface area (Å²) in [4.78, 5) is 14.1. The second-order valence-corrected chi connectivity index (χ2v) is 6.18. The summed E-state index contributed by atoms with van der Waals surface area (Å²) in [5, 5.41) is 0. The highest BCUT2D eigenvalue weighted by Gasteiger charge is 2.35. The van der Waals surface area contributed by atoms with Crippen molar-refractivity contribution in [3.8, 4) is 0 Å². The van der Waals surface area contributed by atoms with Crippen molar-refractivity contribution in [2.75, 3.05) is 13.7 Å². The Kier molecular flexibility index (Phi) is 5.17. The van der Waals surface area contributed by atoms with E-state index in [9.17, 15) is 4.79 Å². The van der Waals surface area contributed by atoms with Crippen LogP contribution in [0, 0.1) is 5.92 Å². The molecular formula is C14H28N2O2. The summed E-state index contributed by atoms with van der Waals surface area (Å²) in [6.45, 7) is 9.58. The molecule has 1 saturated heterocycles. The monoisotopic (exact) mass is 256 g/mol. The zero-order valence-electron chi connectivity index (χ0n) is 12.4. The Labute approximate surface area is 111 Å². The van der Waals surface area contributed by atoms with Gasteiger partial charge in [-0.25, -0.2) is 0 Å². The van der Waals surface area contributed by atoms with Crippen molar-refractivity contribution in [3.63, 3.8) is 0 Å². The van der Waals surface area contributed by atoms with Gasteiger partial charge < -0.3 is 10.5 Å². The van der Waals surface area contributed by atoms with E-state index in [4.69, 9.17) is 10.5 Å². The summed E-state index contributed by atoms with van der Waals surface area (Å²) < 4.78 is 4.76. The number of nitrogens with zero attached hydrogens (tertiary/aromatic N) is 1. The third-order valence-electron chi connectivity index (χ3n) is 4.13. The number of piperidine rings is 1. The molecule has 4 atom stereocenters. The van der Waals surface area contributed by atoms with Crippen LogP contribution in [0.5, 0.6) is 0 Å². The minimum atomic E-state index is -0.892. The summed E-state index contributed by atoms with van der Waals surface area (Å²) in [6, 6.07) is 0.874.